The molecule has 0 bridgehead atoms. The summed E-state index contributed by atoms with van der Waals surface area (Å²) in [7, 11) is 0. The van der Waals surface area contributed by atoms with E-state index in [0.29, 0.717) is 45.1 Å². The number of nitrogens with one attached hydrogen (secondary N) is 3. The standard InChI is InChI=1S/C35H63N3O6/c1-13-36-27(31(40)21(4)5)17-15-25(11)34(43)38-29(33(42)23(8)9)19-16-26(12)35(44)37-28(32(41)22(6)7)18-14-24(10)30(39)20(2)3/h20-29,36H,13-19H2,1-12H3,(H,37,44)(H,38,43). The van der Waals surface area contributed by atoms with Crippen molar-refractivity contribution >= 4 is 34.9 Å². The summed E-state index contributed by atoms with van der Waals surface area (Å²) in [5, 5.41) is 9.03. The Bertz CT molecular complexity index is 958. The van der Waals surface area contributed by atoms with Crippen LogP contribution in [0.4, 0.5) is 0 Å². The predicted molar refractivity (Wildman–Crippen MR) is 176 cm³/mol. The van der Waals surface area contributed by atoms with Gasteiger partial charge in [0, 0.05) is 41.4 Å². The lowest BCUT2D eigenvalue weighted by Gasteiger charge is -2.25. The van der Waals surface area contributed by atoms with Crippen LogP contribution in [-0.2, 0) is 28.8 Å². The Hall–Kier alpha value is -2.42. The van der Waals surface area contributed by atoms with E-state index in [9.17, 15) is 28.8 Å². The van der Waals surface area contributed by atoms with E-state index in [1.54, 1.807) is 41.5 Å². The Morgan fingerprint density at radius 2 is 0.705 bits per heavy atom. The molecule has 254 valence electrons. The lowest BCUT2D eigenvalue weighted by molar-refractivity contribution is -0.132. The van der Waals surface area contributed by atoms with Crippen LogP contribution in [-0.4, -0.2) is 59.6 Å². The molecule has 3 N–H and O–H groups in total. The van der Waals surface area contributed by atoms with Gasteiger partial charge in [-0.25, -0.2) is 0 Å². The van der Waals surface area contributed by atoms with Gasteiger partial charge in [0.15, 0.2) is 17.3 Å². The summed E-state index contributed by atoms with van der Waals surface area (Å²) in [6, 6.07) is -1.74. The van der Waals surface area contributed by atoms with Crippen LogP contribution in [0.3, 0.4) is 0 Å². The maximum atomic E-state index is 13.2. The summed E-state index contributed by atoms with van der Waals surface area (Å²) in [6.45, 7) is 22.6. The summed E-state index contributed by atoms with van der Waals surface area (Å²) < 4.78 is 0. The van der Waals surface area contributed by atoms with Gasteiger partial charge < -0.3 is 16.0 Å². The maximum absolute atomic E-state index is 13.2. The average Bonchev–Trinajstić information content (AvgIpc) is 2.96. The molecule has 0 aromatic rings. The van der Waals surface area contributed by atoms with Crippen molar-refractivity contribution < 1.29 is 28.8 Å². The molecule has 0 aromatic heterocycles. The topological polar surface area (TPSA) is 139 Å². The van der Waals surface area contributed by atoms with Crippen LogP contribution in [0.15, 0.2) is 0 Å². The number of Topliss-reactive ketones (excluding diaryl/α,β-unsaturated/α-hetero) is 4. The first-order valence-electron chi connectivity index (χ1n) is 16.8. The van der Waals surface area contributed by atoms with E-state index in [1.165, 1.54) is 0 Å². The van der Waals surface area contributed by atoms with Crippen LogP contribution in [0.2, 0.25) is 0 Å². The number of carbonyl (C=O) groups is 6. The number of ketones is 4. The first kappa shape index (κ1) is 41.6. The zero-order valence-electron chi connectivity index (χ0n) is 29.7. The van der Waals surface area contributed by atoms with Crippen molar-refractivity contribution in [3.05, 3.63) is 0 Å². The van der Waals surface area contributed by atoms with Crippen molar-refractivity contribution in [1.82, 2.24) is 16.0 Å². The number of likely N-dealkylation sites (N-methyl/N-ethyl adjacent to an activating group) is 1. The minimum atomic E-state index is -0.738. The molecule has 9 heteroatoms. The molecule has 0 rings (SSSR count). The third-order valence-corrected chi connectivity index (χ3v) is 8.44. The van der Waals surface area contributed by atoms with Crippen LogP contribution in [0.5, 0.6) is 0 Å². The van der Waals surface area contributed by atoms with Crippen LogP contribution >= 0.6 is 0 Å². The van der Waals surface area contributed by atoms with Gasteiger partial charge in [-0.3, -0.25) is 28.8 Å². The van der Waals surface area contributed by atoms with Crippen molar-refractivity contribution in [1.29, 1.82) is 0 Å². The number of hydrogen-bond acceptors (Lipinski definition) is 7. The fourth-order valence-corrected chi connectivity index (χ4v) is 5.22. The molecule has 0 spiro atoms. The molecule has 0 aliphatic rings. The molecular weight excluding hydrogens is 558 g/mol. The highest BCUT2D eigenvalue weighted by molar-refractivity contribution is 5.92. The SMILES string of the molecule is CCNC(CCC(C)C(=O)NC(CCC(C)C(=O)NC(CCC(C)C(=O)C(C)C)C(=O)C(C)C)C(=O)C(C)C)C(=O)C(C)C. The minimum absolute atomic E-state index is 0.0738. The Balaban J connectivity index is 5.39. The number of carbonyl (C=O) groups excluding carboxylic acids is 6. The van der Waals surface area contributed by atoms with E-state index in [0.717, 1.165) is 0 Å². The molecular formula is C35H63N3O6. The molecule has 2 amide bonds. The van der Waals surface area contributed by atoms with Crippen LogP contribution in [0, 0.1) is 41.4 Å². The zero-order valence-corrected chi connectivity index (χ0v) is 29.7. The van der Waals surface area contributed by atoms with Crippen molar-refractivity contribution in [3.8, 4) is 0 Å². The Morgan fingerprint density at radius 3 is 1.02 bits per heavy atom. The largest absolute Gasteiger partial charge is 0.346 e. The Kier molecular flexibility index (Phi) is 19.4. The second kappa shape index (κ2) is 20.6. The Morgan fingerprint density at radius 1 is 0.409 bits per heavy atom. The number of amides is 2. The zero-order chi connectivity index (χ0) is 34.3. The van der Waals surface area contributed by atoms with Gasteiger partial charge in [0.1, 0.15) is 5.78 Å². The molecule has 0 heterocycles. The van der Waals surface area contributed by atoms with Crippen LogP contribution in [0.25, 0.3) is 0 Å². The first-order valence-corrected chi connectivity index (χ1v) is 16.8. The van der Waals surface area contributed by atoms with Crippen LogP contribution in [0.1, 0.15) is 122 Å². The van der Waals surface area contributed by atoms with Crippen LogP contribution < -0.4 is 16.0 Å². The molecule has 9 nitrogen and oxygen atoms in total. The van der Waals surface area contributed by atoms with E-state index in [4.69, 9.17) is 0 Å². The van der Waals surface area contributed by atoms with Gasteiger partial charge in [-0.15, -0.1) is 0 Å². The molecule has 0 aliphatic heterocycles. The van der Waals surface area contributed by atoms with Gasteiger partial charge in [-0.1, -0.05) is 83.1 Å². The van der Waals surface area contributed by atoms with E-state index in [1.807, 2.05) is 41.5 Å². The lowest BCUT2D eigenvalue weighted by atomic mass is 9.88. The van der Waals surface area contributed by atoms with E-state index in [-0.39, 0.29) is 70.6 Å². The second-order valence-corrected chi connectivity index (χ2v) is 13.9. The second-order valence-electron chi connectivity index (χ2n) is 13.9. The molecule has 0 saturated heterocycles. The van der Waals surface area contributed by atoms with Crippen molar-refractivity contribution in [2.24, 2.45) is 41.4 Å². The average molecular weight is 622 g/mol. The molecule has 6 unspecified atom stereocenters. The quantitative estimate of drug-likeness (QED) is 0.145. The fraction of sp³-hybridized carbons (Fsp3) is 0.829. The Labute approximate surface area is 267 Å². The third-order valence-electron chi connectivity index (χ3n) is 8.44. The highest BCUT2D eigenvalue weighted by atomic mass is 16.2. The summed E-state index contributed by atoms with van der Waals surface area (Å²) in [4.78, 5) is 77.2. The molecule has 0 fully saturated rings. The summed E-state index contributed by atoms with van der Waals surface area (Å²) in [5.41, 5.74) is 0. The molecule has 0 radical (unpaired) electrons. The third kappa shape index (κ3) is 14.6. The van der Waals surface area contributed by atoms with Crippen molar-refractivity contribution in [2.45, 2.75) is 140 Å². The minimum Gasteiger partial charge on any atom is -0.346 e. The van der Waals surface area contributed by atoms with Crippen molar-refractivity contribution in [2.75, 3.05) is 6.54 Å². The van der Waals surface area contributed by atoms with Gasteiger partial charge in [0.25, 0.3) is 0 Å². The van der Waals surface area contributed by atoms with Crippen molar-refractivity contribution in [3.63, 3.8) is 0 Å². The lowest BCUT2D eigenvalue weighted by Crippen LogP contribution is -2.47. The molecule has 44 heavy (non-hydrogen) atoms. The normalized spacial score (nSPS) is 15.9. The molecule has 0 saturated carbocycles. The first-order chi connectivity index (χ1) is 20.3. The van der Waals surface area contributed by atoms with Gasteiger partial charge in [0.2, 0.25) is 11.8 Å². The van der Waals surface area contributed by atoms with E-state index in [2.05, 4.69) is 16.0 Å². The molecule has 0 aliphatic carbocycles. The van der Waals surface area contributed by atoms with Gasteiger partial charge in [0.05, 0.1) is 18.1 Å². The van der Waals surface area contributed by atoms with E-state index < -0.39 is 23.9 Å². The molecule has 6 atom stereocenters. The van der Waals surface area contributed by atoms with E-state index >= 15 is 0 Å². The maximum Gasteiger partial charge on any atom is 0.223 e. The van der Waals surface area contributed by atoms with Gasteiger partial charge in [-0.05, 0) is 45.1 Å². The smallest absolute Gasteiger partial charge is 0.223 e. The van der Waals surface area contributed by atoms with Gasteiger partial charge in [-0.2, -0.15) is 0 Å². The monoisotopic (exact) mass is 621 g/mol. The number of hydrogen-bond donors (Lipinski definition) is 3. The number of rotatable bonds is 23. The highest BCUT2D eigenvalue weighted by Gasteiger charge is 2.30. The van der Waals surface area contributed by atoms with Gasteiger partial charge >= 0.3 is 0 Å². The summed E-state index contributed by atoms with van der Waals surface area (Å²) in [6.07, 6.45) is 2.55. The molecule has 0 aromatic carbocycles. The summed E-state index contributed by atoms with van der Waals surface area (Å²) >= 11 is 0. The highest BCUT2D eigenvalue weighted by Crippen LogP contribution is 2.19. The predicted octanol–water partition coefficient (Wildman–Crippen LogP) is 5.08. The fourth-order valence-electron chi connectivity index (χ4n) is 5.22. The summed E-state index contributed by atoms with van der Waals surface area (Å²) in [5.74, 6) is -2.31.